The van der Waals surface area contributed by atoms with Gasteiger partial charge in [-0.3, -0.25) is 4.68 Å². The van der Waals surface area contributed by atoms with E-state index in [2.05, 4.69) is 38.5 Å². The van der Waals surface area contributed by atoms with E-state index in [1.54, 1.807) is 6.20 Å². The van der Waals surface area contributed by atoms with E-state index in [0.717, 1.165) is 10.0 Å². The summed E-state index contributed by atoms with van der Waals surface area (Å²) in [4.78, 5) is 0. The van der Waals surface area contributed by atoms with Gasteiger partial charge < -0.3 is 10.4 Å². The van der Waals surface area contributed by atoms with E-state index in [4.69, 9.17) is 0 Å². The number of aromatic nitrogens is 2. The average Bonchev–Trinajstić information content (AvgIpc) is 3.20. The highest BCUT2D eigenvalue weighted by atomic mass is 79.9. The number of halogens is 1. The van der Waals surface area contributed by atoms with E-state index in [1.807, 2.05) is 29.1 Å². The Labute approximate surface area is 126 Å². The van der Waals surface area contributed by atoms with Gasteiger partial charge in [-0.1, -0.05) is 30.3 Å². The molecule has 1 fully saturated rings. The number of hydrogen-bond acceptors (Lipinski definition) is 3. The van der Waals surface area contributed by atoms with Gasteiger partial charge in [-0.25, -0.2) is 0 Å². The first-order chi connectivity index (χ1) is 9.72. The van der Waals surface area contributed by atoms with Crippen LogP contribution in [0, 0.1) is 0 Å². The van der Waals surface area contributed by atoms with Gasteiger partial charge in [0.1, 0.15) is 0 Å². The monoisotopic (exact) mass is 335 g/mol. The van der Waals surface area contributed by atoms with Crippen molar-refractivity contribution in [1.29, 1.82) is 0 Å². The molecule has 5 heteroatoms. The van der Waals surface area contributed by atoms with Crippen molar-refractivity contribution in [3.05, 3.63) is 52.8 Å². The molecule has 0 bridgehead atoms. The fraction of sp³-hybridized carbons (Fsp3) is 0.400. The van der Waals surface area contributed by atoms with Gasteiger partial charge in [0.05, 0.1) is 29.4 Å². The average molecular weight is 336 g/mol. The molecule has 1 atom stereocenters. The van der Waals surface area contributed by atoms with Crippen LogP contribution in [0.4, 0.5) is 0 Å². The van der Waals surface area contributed by atoms with E-state index >= 15 is 0 Å². The third-order valence-corrected chi connectivity index (χ3v) is 4.10. The second-order valence-corrected chi connectivity index (χ2v) is 6.30. The molecule has 0 amide bonds. The predicted molar refractivity (Wildman–Crippen MR) is 81.3 cm³/mol. The van der Waals surface area contributed by atoms with E-state index in [-0.39, 0.29) is 6.61 Å². The lowest BCUT2D eigenvalue weighted by Gasteiger charge is -2.34. The van der Waals surface area contributed by atoms with Crippen LogP contribution in [-0.4, -0.2) is 27.5 Å². The lowest BCUT2D eigenvalue weighted by Crippen LogP contribution is -2.50. The molecule has 20 heavy (non-hydrogen) atoms. The summed E-state index contributed by atoms with van der Waals surface area (Å²) in [7, 11) is 0. The maximum Gasteiger partial charge on any atom is 0.0869 e. The Bertz CT molecular complexity index is 568. The highest BCUT2D eigenvalue weighted by Gasteiger charge is 2.37. The molecule has 2 N–H and O–H groups in total. The van der Waals surface area contributed by atoms with Crippen LogP contribution in [0.5, 0.6) is 0 Å². The zero-order valence-electron chi connectivity index (χ0n) is 11.2. The van der Waals surface area contributed by atoms with Crippen LogP contribution in [0.1, 0.15) is 18.4 Å². The minimum absolute atomic E-state index is 0.0466. The molecule has 1 saturated carbocycles. The molecule has 0 radical (unpaired) electrons. The Morgan fingerprint density at radius 1 is 1.35 bits per heavy atom. The summed E-state index contributed by atoms with van der Waals surface area (Å²) < 4.78 is 2.81. The number of aliphatic hydroxyl groups excluding tert-OH is 1. The molecule has 3 rings (SSSR count). The van der Waals surface area contributed by atoms with Gasteiger partial charge in [-0.05, 0) is 34.3 Å². The van der Waals surface area contributed by atoms with Crippen molar-refractivity contribution in [1.82, 2.24) is 15.1 Å². The smallest absolute Gasteiger partial charge is 0.0869 e. The molecular formula is C15H18BrN3O. The van der Waals surface area contributed by atoms with Crippen molar-refractivity contribution in [2.45, 2.75) is 31.0 Å². The van der Waals surface area contributed by atoms with Crippen LogP contribution in [0.2, 0.25) is 0 Å². The van der Waals surface area contributed by atoms with E-state index < -0.39 is 5.54 Å². The van der Waals surface area contributed by atoms with Crippen LogP contribution in [-0.2, 0) is 12.1 Å². The Hall–Kier alpha value is -1.17. The second-order valence-electron chi connectivity index (χ2n) is 5.38. The van der Waals surface area contributed by atoms with Crippen LogP contribution < -0.4 is 5.32 Å². The topological polar surface area (TPSA) is 50.1 Å². The standard InChI is InChI=1S/C15H18BrN3O/c16-13-8-17-19(9-13)10-15(11-20,18-14-6-7-14)12-4-2-1-3-5-12/h1-5,8-9,14,18,20H,6-7,10-11H2. The molecular weight excluding hydrogens is 318 g/mol. The molecule has 1 unspecified atom stereocenters. The lowest BCUT2D eigenvalue weighted by molar-refractivity contribution is 0.135. The SMILES string of the molecule is OCC(Cn1cc(Br)cn1)(NC1CC1)c1ccccc1. The zero-order valence-corrected chi connectivity index (χ0v) is 12.8. The Kier molecular flexibility index (Phi) is 3.92. The summed E-state index contributed by atoms with van der Waals surface area (Å²) in [6, 6.07) is 10.6. The lowest BCUT2D eigenvalue weighted by atomic mass is 9.90. The fourth-order valence-corrected chi connectivity index (χ4v) is 2.81. The van der Waals surface area contributed by atoms with Crippen molar-refractivity contribution in [2.75, 3.05) is 6.61 Å². The third kappa shape index (κ3) is 2.95. The van der Waals surface area contributed by atoms with Gasteiger partial charge in [0.15, 0.2) is 0 Å². The molecule has 1 heterocycles. The number of hydrogen-bond donors (Lipinski definition) is 2. The highest BCUT2D eigenvalue weighted by molar-refractivity contribution is 9.10. The molecule has 2 aromatic rings. The first kappa shape index (κ1) is 13.8. The Balaban J connectivity index is 1.92. The molecule has 0 saturated heterocycles. The van der Waals surface area contributed by atoms with Crippen LogP contribution in [0.3, 0.4) is 0 Å². The van der Waals surface area contributed by atoms with Gasteiger partial charge in [-0.2, -0.15) is 5.10 Å². The van der Waals surface area contributed by atoms with E-state index in [9.17, 15) is 5.11 Å². The molecule has 4 nitrogen and oxygen atoms in total. The minimum Gasteiger partial charge on any atom is -0.394 e. The summed E-state index contributed by atoms with van der Waals surface area (Å²) >= 11 is 3.41. The zero-order chi connectivity index (χ0) is 14.0. The third-order valence-electron chi connectivity index (χ3n) is 3.69. The summed E-state index contributed by atoms with van der Waals surface area (Å²) in [6.45, 7) is 0.653. The highest BCUT2D eigenvalue weighted by Crippen LogP contribution is 2.30. The van der Waals surface area contributed by atoms with Gasteiger partial charge >= 0.3 is 0 Å². The normalized spacial score (nSPS) is 17.9. The molecule has 0 aliphatic heterocycles. The van der Waals surface area contributed by atoms with Gasteiger partial charge in [0.25, 0.3) is 0 Å². The molecule has 1 aromatic carbocycles. The van der Waals surface area contributed by atoms with Crippen molar-refractivity contribution < 1.29 is 5.11 Å². The van der Waals surface area contributed by atoms with Crippen molar-refractivity contribution in [3.63, 3.8) is 0 Å². The van der Waals surface area contributed by atoms with Crippen molar-refractivity contribution in [2.24, 2.45) is 0 Å². The molecule has 106 valence electrons. The van der Waals surface area contributed by atoms with Gasteiger partial charge in [-0.15, -0.1) is 0 Å². The fourth-order valence-electron chi connectivity index (χ4n) is 2.48. The number of benzene rings is 1. The Morgan fingerprint density at radius 2 is 2.10 bits per heavy atom. The molecule has 0 spiro atoms. The first-order valence-corrected chi connectivity index (χ1v) is 7.63. The number of nitrogens with one attached hydrogen (secondary N) is 1. The number of rotatable bonds is 6. The Morgan fingerprint density at radius 3 is 2.65 bits per heavy atom. The van der Waals surface area contributed by atoms with E-state index in [0.29, 0.717) is 12.6 Å². The molecule has 1 aliphatic carbocycles. The largest absolute Gasteiger partial charge is 0.394 e. The van der Waals surface area contributed by atoms with Crippen LogP contribution >= 0.6 is 15.9 Å². The summed E-state index contributed by atoms with van der Waals surface area (Å²) in [5.74, 6) is 0. The van der Waals surface area contributed by atoms with Crippen molar-refractivity contribution in [3.8, 4) is 0 Å². The summed E-state index contributed by atoms with van der Waals surface area (Å²) in [5.41, 5.74) is 0.620. The second kappa shape index (κ2) is 5.68. The van der Waals surface area contributed by atoms with Gasteiger partial charge in [0, 0.05) is 12.2 Å². The van der Waals surface area contributed by atoms with E-state index in [1.165, 1.54) is 12.8 Å². The summed E-state index contributed by atoms with van der Waals surface area (Å²) in [5, 5.41) is 18.0. The predicted octanol–water partition coefficient (Wildman–Crippen LogP) is 2.29. The maximum atomic E-state index is 10.1. The van der Waals surface area contributed by atoms with Crippen molar-refractivity contribution >= 4 is 15.9 Å². The number of nitrogens with zero attached hydrogens (tertiary/aromatic N) is 2. The maximum absolute atomic E-state index is 10.1. The van der Waals surface area contributed by atoms with Crippen LogP contribution in [0.15, 0.2) is 47.2 Å². The quantitative estimate of drug-likeness (QED) is 0.851. The minimum atomic E-state index is -0.478. The number of aliphatic hydroxyl groups is 1. The summed E-state index contributed by atoms with van der Waals surface area (Å²) in [6.07, 6.45) is 6.06. The van der Waals surface area contributed by atoms with Gasteiger partial charge in [0.2, 0.25) is 0 Å². The van der Waals surface area contributed by atoms with Crippen LogP contribution in [0.25, 0.3) is 0 Å². The first-order valence-electron chi connectivity index (χ1n) is 6.84. The molecule has 1 aromatic heterocycles. The molecule has 1 aliphatic rings.